The molecular weight excluding hydrogens is 752 g/mol. The summed E-state index contributed by atoms with van der Waals surface area (Å²) in [6.45, 7) is 6.87. The average molecular weight is 783 g/mol. The van der Waals surface area contributed by atoms with Crippen LogP contribution >= 0.6 is 0 Å². The van der Waals surface area contributed by atoms with Gasteiger partial charge in [-0.3, -0.25) is 0 Å². The number of pyridine rings is 1. The molecular formula is C38H31N4OPtSi-. The van der Waals surface area contributed by atoms with Crippen molar-refractivity contribution in [2.75, 3.05) is 10.1 Å². The second-order valence-corrected chi connectivity index (χ2v) is 16.1. The van der Waals surface area contributed by atoms with E-state index in [0.29, 0.717) is 0 Å². The summed E-state index contributed by atoms with van der Waals surface area (Å²) in [5, 5.41) is 8.82. The Morgan fingerprint density at radius 1 is 0.667 bits per heavy atom. The number of nitrogens with zero attached hydrogens (tertiary/aromatic N) is 4. The molecule has 7 heteroatoms. The first-order valence-corrected chi connectivity index (χ1v) is 17.9. The number of anilines is 4. The van der Waals surface area contributed by atoms with E-state index >= 15 is 0 Å². The molecule has 1 aliphatic heterocycles. The maximum Gasteiger partial charge on any atom is 0.148 e. The molecule has 0 atom stereocenters. The van der Waals surface area contributed by atoms with Crippen LogP contribution in [-0.4, -0.2) is 22.6 Å². The normalized spacial score (nSPS) is 12.9. The Hall–Kier alpha value is -4.48. The molecule has 7 aromatic rings. The van der Waals surface area contributed by atoms with Crippen LogP contribution in [0.25, 0.3) is 27.6 Å². The molecule has 1 aliphatic rings. The third-order valence-corrected chi connectivity index (χ3v) is 11.9. The van der Waals surface area contributed by atoms with Gasteiger partial charge in [-0.15, -0.1) is 16.5 Å². The topological polar surface area (TPSA) is 37.1 Å². The van der Waals surface area contributed by atoms with E-state index in [9.17, 15) is 0 Å². The van der Waals surface area contributed by atoms with E-state index in [-0.39, 0.29) is 21.1 Å². The SMILES string of the molecule is Cc1ccnc(-n2c3[c-]c([Si](C)(C)c4[c-]c(N5[OH+]N(c6ccccc6)c6ccccc65)ccc4)ccc3c3ccccc32)c1.[Pt]. The summed E-state index contributed by atoms with van der Waals surface area (Å²) < 4.78 is 2.25. The molecule has 0 saturated heterocycles. The van der Waals surface area contributed by atoms with Gasteiger partial charge in [0.2, 0.25) is 0 Å². The molecule has 8 rings (SSSR count). The maximum atomic E-state index is 5.04. The van der Waals surface area contributed by atoms with Gasteiger partial charge >= 0.3 is 0 Å². The molecule has 5 nitrogen and oxygen atoms in total. The second kappa shape index (κ2) is 11.5. The predicted molar refractivity (Wildman–Crippen MR) is 183 cm³/mol. The monoisotopic (exact) mass is 782 g/mol. The van der Waals surface area contributed by atoms with Crippen molar-refractivity contribution in [2.45, 2.75) is 20.0 Å². The van der Waals surface area contributed by atoms with E-state index in [0.717, 1.165) is 39.6 Å². The Labute approximate surface area is 278 Å². The standard InChI is InChI=1S/C38H30N4OSi.Pt/c1-27-22-23-39-38(24-27)40-34-17-8-7-16-32(34)33-21-20-31(26-37(33)40)44(2,3)30-15-11-14-29(25-30)42-36-19-10-9-18-35(36)41(43-42)28-12-5-4-6-13-28;/h4-24H,1-3H3;/q-2;/p+1. The van der Waals surface area contributed by atoms with Crippen molar-refractivity contribution in [3.05, 3.63) is 145 Å². The smallest absolute Gasteiger partial charge is 0.148 e. The molecule has 45 heavy (non-hydrogen) atoms. The number of fused-ring (bicyclic) bond motifs is 4. The Bertz CT molecular complexity index is 2180. The van der Waals surface area contributed by atoms with Crippen molar-refractivity contribution in [2.24, 2.45) is 0 Å². The molecule has 0 fully saturated rings. The number of hydrogen-bond acceptors (Lipinski definition) is 3. The summed E-state index contributed by atoms with van der Waals surface area (Å²) >= 11 is 0. The van der Waals surface area contributed by atoms with Crippen molar-refractivity contribution in [3.8, 4) is 5.82 Å². The van der Waals surface area contributed by atoms with E-state index in [1.165, 1.54) is 26.7 Å². The number of rotatable bonds is 5. The van der Waals surface area contributed by atoms with E-state index < -0.39 is 8.07 Å². The van der Waals surface area contributed by atoms with Gasteiger partial charge < -0.3 is 4.57 Å². The first-order chi connectivity index (χ1) is 21.5. The first-order valence-electron chi connectivity index (χ1n) is 14.9. The van der Waals surface area contributed by atoms with Gasteiger partial charge in [0.25, 0.3) is 0 Å². The van der Waals surface area contributed by atoms with E-state index in [1.807, 2.05) is 40.6 Å². The number of para-hydroxylation sites is 4. The van der Waals surface area contributed by atoms with Crippen molar-refractivity contribution in [1.82, 2.24) is 9.55 Å². The summed E-state index contributed by atoms with van der Waals surface area (Å²) in [5.41, 5.74) is 7.40. The Balaban J connectivity index is 0.00000325. The van der Waals surface area contributed by atoms with Gasteiger partial charge in [-0.1, -0.05) is 72.2 Å². The minimum absolute atomic E-state index is 0. The number of aryl methyl sites for hydroxylation is 1. The number of aromatic nitrogens is 2. The molecule has 5 aromatic carbocycles. The van der Waals surface area contributed by atoms with Crippen LogP contribution in [0.2, 0.25) is 13.1 Å². The zero-order valence-corrected chi connectivity index (χ0v) is 28.4. The predicted octanol–water partition coefficient (Wildman–Crippen LogP) is 8.04. The molecule has 0 bridgehead atoms. The molecule has 1 N–H and O–H groups in total. The molecule has 0 unspecified atom stereocenters. The quantitative estimate of drug-likeness (QED) is 0.101. The number of hydrogen-bond donors (Lipinski definition) is 0. The summed E-state index contributed by atoms with van der Waals surface area (Å²) in [4.78, 5) is 9.81. The fraction of sp³-hybridized carbons (Fsp3) is 0.0789. The van der Waals surface area contributed by atoms with Crippen molar-refractivity contribution < 1.29 is 26.0 Å². The van der Waals surface area contributed by atoms with E-state index in [2.05, 4.69) is 134 Å². The van der Waals surface area contributed by atoms with Crippen LogP contribution in [0, 0.1) is 19.1 Å². The van der Waals surface area contributed by atoms with Crippen LogP contribution in [0.1, 0.15) is 5.56 Å². The fourth-order valence-electron chi connectivity index (χ4n) is 6.17. The van der Waals surface area contributed by atoms with Crippen LogP contribution in [0.4, 0.5) is 22.7 Å². The molecule has 224 valence electrons. The summed E-state index contributed by atoms with van der Waals surface area (Å²) in [5.74, 6) is 0.912. The van der Waals surface area contributed by atoms with E-state index in [4.69, 9.17) is 9.92 Å². The van der Waals surface area contributed by atoms with E-state index in [1.54, 1.807) is 0 Å². The molecule has 0 amide bonds. The van der Waals surface area contributed by atoms with Crippen LogP contribution in [0.3, 0.4) is 0 Å². The minimum Gasteiger partial charge on any atom is -0.319 e. The largest absolute Gasteiger partial charge is 0.319 e. The summed E-state index contributed by atoms with van der Waals surface area (Å²) in [7, 11) is -2.24. The third-order valence-electron chi connectivity index (χ3n) is 8.59. The Morgan fingerprint density at radius 3 is 2.18 bits per heavy atom. The molecule has 0 spiro atoms. The van der Waals surface area contributed by atoms with Crippen molar-refractivity contribution in [1.29, 1.82) is 0 Å². The van der Waals surface area contributed by atoms with Crippen LogP contribution in [-0.2, 0) is 21.1 Å². The minimum atomic E-state index is -2.24. The molecule has 0 saturated carbocycles. The number of benzene rings is 5. The molecule has 0 aliphatic carbocycles. The van der Waals surface area contributed by atoms with Gasteiger partial charge in [-0.25, -0.2) is 4.98 Å². The summed E-state index contributed by atoms with van der Waals surface area (Å²) in [6.07, 6.45) is 1.88. The molecule has 3 heterocycles. The first kappa shape index (κ1) is 29.2. The second-order valence-electron chi connectivity index (χ2n) is 11.8. The zero-order chi connectivity index (χ0) is 29.8. The Kier molecular flexibility index (Phi) is 7.45. The van der Waals surface area contributed by atoms with Crippen molar-refractivity contribution >= 4 is 63.0 Å². The average Bonchev–Trinajstić information content (AvgIpc) is 3.61. The van der Waals surface area contributed by atoms with Gasteiger partial charge in [-0.2, -0.15) is 51.7 Å². The van der Waals surface area contributed by atoms with Gasteiger partial charge in [0.05, 0.1) is 8.07 Å². The summed E-state index contributed by atoms with van der Waals surface area (Å²) in [6, 6.07) is 50.0. The van der Waals surface area contributed by atoms with Gasteiger partial charge in [0.1, 0.15) is 22.9 Å². The zero-order valence-electron chi connectivity index (χ0n) is 25.2. The van der Waals surface area contributed by atoms with Crippen molar-refractivity contribution in [3.63, 3.8) is 0 Å². The Morgan fingerprint density at radius 2 is 1.38 bits per heavy atom. The van der Waals surface area contributed by atoms with Gasteiger partial charge in [0, 0.05) is 38.5 Å². The fourth-order valence-corrected chi connectivity index (χ4v) is 8.35. The molecule has 2 aromatic heterocycles. The van der Waals surface area contributed by atoms with Gasteiger partial charge in [0.15, 0.2) is 0 Å². The maximum absolute atomic E-state index is 5.04. The van der Waals surface area contributed by atoms with Gasteiger partial charge in [-0.05, 0) is 60.3 Å². The third kappa shape index (κ3) is 4.90. The van der Waals surface area contributed by atoms with Crippen LogP contribution < -0.4 is 20.5 Å². The van der Waals surface area contributed by atoms with Crippen LogP contribution in [0.15, 0.2) is 128 Å². The van der Waals surface area contributed by atoms with Crippen LogP contribution in [0.5, 0.6) is 0 Å². The molecule has 0 radical (unpaired) electrons.